The van der Waals surface area contributed by atoms with Crippen LogP contribution in [-0.2, 0) is 24.4 Å². The van der Waals surface area contributed by atoms with Gasteiger partial charge in [-0.1, -0.05) is 54.6 Å². The average Bonchev–Trinajstić information content (AvgIpc) is 2.52. The fourth-order valence-corrected chi connectivity index (χ4v) is 1.87. The summed E-state index contributed by atoms with van der Waals surface area (Å²) in [7, 11) is 0. The lowest BCUT2D eigenvalue weighted by Crippen LogP contribution is -2.24. The molecule has 0 aliphatic rings. The minimum atomic E-state index is -0.430. The number of nitrogens with two attached hydrogens (primary N) is 1. The number of rotatable bonds is 5. The molecule has 0 aliphatic carbocycles. The van der Waals surface area contributed by atoms with Gasteiger partial charge in [0.2, 0.25) is 0 Å². The zero-order valence-corrected chi connectivity index (χ0v) is 11.2. The Kier molecular flexibility index (Phi) is 5.15. The van der Waals surface area contributed by atoms with Crippen molar-refractivity contribution in [3.63, 3.8) is 0 Å². The monoisotopic (exact) mass is 270 g/mol. The van der Waals surface area contributed by atoms with Crippen LogP contribution in [0, 0.1) is 0 Å². The van der Waals surface area contributed by atoms with E-state index >= 15 is 0 Å². The summed E-state index contributed by atoms with van der Waals surface area (Å²) in [4.78, 5) is 11.6. The van der Waals surface area contributed by atoms with Crippen LogP contribution in [0.5, 0.6) is 0 Å². The van der Waals surface area contributed by atoms with E-state index < -0.39 is 6.09 Å². The second kappa shape index (κ2) is 7.31. The first-order valence-electron chi connectivity index (χ1n) is 6.51. The molecule has 104 valence electrons. The van der Waals surface area contributed by atoms with Gasteiger partial charge in [-0.15, -0.1) is 0 Å². The number of carbonyl (C=O) groups is 1. The van der Waals surface area contributed by atoms with Crippen LogP contribution in [0.1, 0.15) is 16.7 Å². The number of hydrogen-bond acceptors (Lipinski definition) is 3. The first-order valence-corrected chi connectivity index (χ1v) is 6.51. The van der Waals surface area contributed by atoms with E-state index in [9.17, 15) is 4.79 Å². The molecule has 0 radical (unpaired) electrons. The normalized spacial score (nSPS) is 10.1. The quantitative estimate of drug-likeness (QED) is 0.877. The summed E-state index contributed by atoms with van der Waals surface area (Å²) >= 11 is 0. The Morgan fingerprint density at radius 3 is 2.35 bits per heavy atom. The highest BCUT2D eigenvalue weighted by Crippen LogP contribution is 2.07. The molecular weight excluding hydrogens is 252 g/mol. The third-order valence-corrected chi connectivity index (χ3v) is 2.97. The fraction of sp³-hybridized carbons (Fsp3) is 0.188. The van der Waals surface area contributed by atoms with Crippen LogP contribution in [0.25, 0.3) is 0 Å². The molecule has 4 heteroatoms. The molecule has 4 nitrogen and oxygen atoms in total. The van der Waals surface area contributed by atoms with Crippen LogP contribution in [-0.4, -0.2) is 6.09 Å². The molecule has 0 spiro atoms. The van der Waals surface area contributed by atoms with Crippen molar-refractivity contribution in [3.8, 4) is 0 Å². The lowest BCUT2D eigenvalue weighted by atomic mass is 10.1. The van der Waals surface area contributed by atoms with Gasteiger partial charge in [0.25, 0.3) is 0 Å². The zero-order valence-electron chi connectivity index (χ0n) is 11.2. The number of amides is 1. The van der Waals surface area contributed by atoms with E-state index in [-0.39, 0.29) is 6.61 Å². The van der Waals surface area contributed by atoms with E-state index in [0.717, 1.165) is 16.7 Å². The number of carbonyl (C=O) groups excluding carboxylic acids is 1. The molecule has 0 atom stereocenters. The van der Waals surface area contributed by atoms with Gasteiger partial charge in [0.15, 0.2) is 0 Å². The van der Waals surface area contributed by atoms with Crippen molar-refractivity contribution in [1.82, 2.24) is 5.32 Å². The van der Waals surface area contributed by atoms with Gasteiger partial charge in [-0.2, -0.15) is 0 Å². The maximum Gasteiger partial charge on any atom is 0.407 e. The molecule has 3 N–H and O–H groups in total. The van der Waals surface area contributed by atoms with Crippen molar-refractivity contribution in [2.75, 3.05) is 0 Å². The van der Waals surface area contributed by atoms with Gasteiger partial charge in [-0.05, 0) is 16.7 Å². The molecule has 1 amide bonds. The van der Waals surface area contributed by atoms with Crippen molar-refractivity contribution in [2.45, 2.75) is 19.7 Å². The minimum absolute atomic E-state index is 0.269. The molecule has 0 fully saturated rings. The highest BCUT2D eigenvalue weighted by molar-refractivity contribution is 5.67. The summed E-state index contributed by atoms with van der Waals surface area (Å²) in [5.41, 5.74) is 8.64. The molecule has 2 aromatic rings. The van der Waals surface area contributed by atoms with Gasteiger partial charge in [0.05, 0.1) is 0 Å². The van der Waals surface area contributed by atoms with Crippen LogP contribution in [0.2, 0.25) is 0 Å². The van der Waals surface area contributed by atoms with E-state index in [0.29, 0.717) is 13.1 Å². The van der Waals surface area contributed by atoms with E-state index in [1.54, 1.807) is 0 Å². The second-order valence-electron chi connectivity index (χ2n) is 4.39. The zero-order chi connectivity index (χ0) is 14.2. The van der Waals surface area contributed by atoms with Crippen LogP contribution in [0.3, 0.4) is 0 Å². The van der Waals surface area contributed by atoms with Crippen molar-refractivity contribution in [2.24, 2.45) is 5.73 Å². The third kappa shape index (κ3) is 4.10. The van der Waals surface area contributed by atoms with E-state index in [4.69, 9.17) is 10.5 Å². The van der Waals surface area contributed by atoms with Gasteiger partial charge in [0, 0.05) is 13.1 Å². The van der Waals surface area contributed by atoms with Crippen molar-refractivity contribution < 1.29 is 9.53 Å². The molecule has 0 unspecified atom stereocenters. The third-order valence-electron chi connectivity index (χ3n) is 2.97. The number of benzene rings is 2. The Labute approximate surface area is 118 Å². The second-order valence-corrected chi connectivity index (χ2v) is 4.39. The Hall–Kier alpha value is -2.33. The van der Waals surface area contributed by atoms with Gasteiger partial charge in [0.1, 0.15) is 6.61 Å². The summed E-state index contributed by atoms with van der Waals surface area (Å²) in [5.74, 6) is 0. The molecule has 2 aromatic carbocycles. The largest absolute Gasteiger partial charge is 0.445 e. The molecule has 0 aromatic heterocycles. The number of alkyl carbamates (subject to hydrolysis) is 1. The Bertz CT molecular complexity index is 555. The van der Waals surface area contributed by atoms with Crippen LogP contribution in [0.15, 0.2) is 54.6 Å². The van der Waals surface area contributed by atoms with Crippen molar-refractivity contribution >= 4 is 6.09 Å². The number of nitrogens with one attached hydrogen (secondary N) is 1. The van der Waals surface area contributed by atoms with Crippen molar-refractivity contribution in [1.29, 1.82) is 0 Å². The summed E-state index contributed by atoms with van der Waals surface area (Å²) in [6.07, 6.45) is -0.430. The van der Waals surface area contributed by atoms with Crippen LogP contribution < -0.4 is 11.1 Å². The van der Waals surface area contributed by atoms with E-state index in [1.165, 1.54) is 0 Å². The first-order chi connectivity index (χ1) is 9.79. The van der Waals surface area contributed by atoms with E-state index in [2.05, 4.69) is 5.32 Å². The lowest BCUT2D eigenvalue weighted by Gasteiger charge is -2.10. The standard InChI is InChI=1S/C16H18N2O2/c17-10-14-8-4-5-9-15(14)11-18-16(19)20-12-13-6-2-1-3-7-13/h1-9H,10-12,17H2,(H,18,19). The van der Waals surface area contributed by atoms with Gasteiger partial charge >= 0.3 is 6.09 Å². The maximum atomic E-state index is 11.6. The molecular formula is C16H18N2O2. The molecule has 20 heavy (non-hydrogen) atoms. The predicted molar refractivity (Wildman–Crippen MR) is 77.8 cm³/mol. The Morgan fingerprint density at radius 2 is 1.65 bits per heavy atom. The number of ether oxygens (including phenoxy) is 1. The highest BCUT2D eigenvalue weighted by Gasteiger charge is 2.04. The summed E-state index contributed by atoms with van der Waals surface area (Å²) in [5, 5.41) is 2.73. The first kappa shape index (κ1) is 14.1. The number of hydrogen-bond donors (Lipinski definition) is 2. The molecule has 2 rings (SSSR count). The molecule has 0 bridgehead atoms. The average molecular weight is 270 g/mol. The SMILES string of the molecule is NCc1ccccc1CNC(=O)OCc1ccccc1. The summed E-state index contributed by atoms with van der Waals surface area (Å²) < 4.78 is 5.14. The summed E-state index contributed by atoms with van der Waals surface area (Å²) in [6, 6.07) is 17.3. The fourth-order valence-electron chi connectivity index (χ4n) is 1.87. The van der Waals surface area contributed by atoms with Crippen LogP contribution in [0.4, 0.5) is 4.79 Å². The smallest absolute Gasteiger partial charge is 0.407 e. The molecule has 0 saturated carbocycles. The minimum Gasteiger partial charge on any atom is -0.445 e. The lowest BCUT2D eigenvalue weighted by molar-refractivity contribution is 0.139. The Morgan fingerprint density at radius 1 is 1.00 bits per heavy atom. The molecule has 0 heterocycles. The topological polar surface area (TPSA) is 64.3 Å². The van der Waals surface area contributed by atoms with Crippen molar-refractivity contribution in [3.05, 3.63) is 71.3 Å². The maximum absolute atomic E-state index is 11.6. The predicted octanol–water partition coefficient (Wildman–Crippen LogP) is 2.57. The van der Waals surface area contributed by atoms with Gasteiger partial charge in [-0.3, -0.25) is 0 Å². The highest BCUT2D eigenvalue weighted by atomic mass is 16.5. The molecule has 0 aliphatic heterocycles. The Balaban J connectivity index is 1.80. The summed E-state index contributed by atoms with van der Waals surface area (Å²) in [6.45, 7) is 1.14. The van der Waals surface area contributed by atoms with Crippen LogP contribution >= 0.6 is 0 Å². The molecule has 0 saturated heterocycles. The van der Waals surface area contributed by atoms with E-state index in [1.807, 2.05) is 54.6 Å². The van der Waals surface area contributed by atoms with Gasteiger partial charge < -0.3 is 15.8 Å². The van der Waals surface area contributed by atoms with Gasteiger partial charge in [-0.25, -0.2) is 4.79 Å².